The van der Waals surface area contributed by atoms with E-state index in [1.807, 2.05) is 6.07 Å². The maximum Gasteiger partial charge on any atom is 0.254 e. The number of hydrogen-bond donors (Lipinski definition) is 1. The number of para-hydroxylation sites is 1. The first kappa shape index (κ1) is 19.3. The molecule has 2 fully saturated rings. The molecule has 1 N–H and O–H groups in total. The molecule has 3 aromatic rings. The van der Waals surface area contributed by atoms with Crippen LogP contribution in [0.2, 0.25) is 0 Å². The van der Waals surface area contributed by atoms with Crippen molar-refractivity contribution in [3.63, 3.8) is 0 Å². The van der Waals surface area contributed by atoms with E-state index >= 15 is 0 Å². The number of carbonyl (C=O) groups is 1. The minimum absolute atomic E-state index is 0.0174. The van der Waals surface area contributed by atoms with Gasteiger partial charge in [-0.05, 0) is 75.0 Å². The molecule has 5 rings (SSSR count). The molecule has 0 spiro atoms. The van der Waals surface area contributed by atoms with Crippen molar-refractivity contribution in [3.05, 3.63) is 71.7 Å². The summed E-state index contributed by atoms with van der Waals surface area (Å²) < 4.78 is 13.4. The highest BCUT2D eigenvalue weighted by Crippen LogP contribution is 2.37. The maximum absolute atomic E-state index is 13.5. The van der Waals surface area contributed by atoms with Crippen LogP contribution < -0.4 is 0 Å². The van der Waals surface area contributed by atoms with Gasteiger partial charge in [0.1, 0.15) is 5.82 Å². The number of piperidine rings is 1. The summed E-state index contributed by atoms with van der Waals surface area (Å²) in [5.74, 6) is -0.293. The Morgan fingerprint density at radius 1 is 1.10 bits per heavy atom. The third kappa shape index (κ3) is 3.52. The van der Waals surface area contributed by atoms with Gasteiger partial charge in [0.05, 0.1) is 0 Å². The van der Waals surface area contributed by atoms with Crippen molar-refractivity contribution in [1.82, 2.24) is 14.8 Å². The molecule has 1 amide bonds. The molecule has 0 saturated carbocycles. The molecule has 2 bridgehead atoms. The number of amides is 1. The van der Waals surface area contributed by atoms with E-state index in [9.17, 15) is 9.18 Å². The molecule has 0 aliphatic carbocycles. The van der Waals surface area contributed by atoms with Crippen LogP contribution in [0.5, 0.6) is 0 Å². The highest BCUT2D eigenvalue weighted by molar-refractivity contribution is 5.94. The molecule has 1 aromatic heterocycles. The maximum atomic E-state index is 13.5. The molecule has 3 heterocycles. The number of carbonyl (C=O) groups excluding carboxylic acids is 1. The Hall–Kier alpha value is -2.66. The fraction of sp³-hybridized carbons (Fsp3) is 0.400. The van der Waals surface area contributed by atoms with Gasteiger partial charge in [0, 0.05) is 47.3 Å². The van der Waals surface area contributed by atoms with Gasteiger partial charge in [-0.2, -0.15) is 0 Å². The zero-order chi connectivity index (χ0) is 20.7. The highest BCUT2D eigenvalue weighted by atomic mass is 19.1. The van der Waals surface area contributed by atoms with E-state index in [1.54, 1.807) is 12.1 Å². The third-order valence-corrected chi connectivity index (χ3v) is 7.16. The normalized spacial score (nSPS) is 23.7. The van der Waals surface area contributed by atoms with Gasteiger partial charge in [-0.25, -0.2) is 4.39 Å². The zero-order valence-corrected chi connectivity index (χ0v) is 17.4. The van der Waals surface area contributed by atoms with Crippen LogP contribution in [0.25, 0.3) is 10.9 Å². The summed E-state index contributed by atoms with van der Waals surface area (Å²) in [4.78, 5) is 21.4. The Balaban J connectivity index is 1.40. The van der Waals surface area contributed by atoms with Crippen molar-refractivity contribution in [2.75, 3.05) is 13.6 Å². The minimum atomic E-state index is -0.311. The molecule has 2 atom stereocenters. The lowest BCUT2D eigenvalue weighted by Crippen LogP contribution is -2.51. The molecule has 30 heavy (non-hydrogen) atoms. The van der Waals surface area contributed by atoms with Crippen molar-refractivity contribution in [2.24, 2.45) is 0 Å². The molecular formula is C25H28FN3O. The Bertz CT molecular complexity index is 1030. The Labute approximate surface area is 176 Å². The van der Waals surface area contributed by atoms with Crippen molar-refractivity contribution in [3.8, 4) is 0 Å². The van der Waals surface area contributed by atoms with Gasteiger partial charge in [-0.15, -0.1) is 0 Å². The first-order valence-corrected chi connectivity index (χ1v) is 10.9. The predicted octanol–water partition coefficient (Wildman–Crippen LogP) is 4.62. The average Bonchev–Trinajstić information content (AvgIpc) is 3.24. The van der Waals surface area contributed by atoms with Gasteiger partial charge in [-0.1, -0.05) is 18.2 Å². The summed E-state index contributed by atoms with van der Waals surface area (Å²) in [6.07, 6.45) is 7.35. The number of aromatic nitrogens is 1. The number of halogens is 1. The smallest absolute Gasteiger partial charge is 0.254 e. The Kier molecular flexibility index (Phi) is 5.07. The SMILES string of the molecule is CN1[C@H]2CC[C@H]1CC(N(CCc1c[nH]c3ccccc13)C(=O)c1ccc(F)cc1)C2. The lowest BCUT2D eigenvalue weighted by Gasteiger charge is -2.42. The molecule has 156 valence electrons. The highest BCUT2D eigenvalue weighted by Gasteiger charge is 2.41. The van der Waals surface area contributed by atoms with E-state index in [2.05, 4.69) is 46.2 Å². The van der Waals surface area contributed by atoms with Crippen LogP contribution in [0.1, 0.15) is 41.6 Å². The second-order valence-electron chi connectivity index (χ2n) is 8.79. The summed E-state index contributed by atoms with van der Waals surface area (Å²) in [5, 5.41) is 1.22. The van der Waals surface area contributed by atoms with E-state index in [-0.39, 0.29) is 17.8 Å². The fourth-order valence-corrected chi connectivity index (χ4v) is 5.42. The molecule has 5 heteroatoms. The summed E-state index contributed by atoms with van der Waals surface area (Å²) in [6, 6.07) is 15.6. The van der Waals surface area contributed by atoms with Gasteiger partial charge in [0.2, 0.25) is 0 Å². The second kappa shape index (κ2) is 7.88. The molecule has 2 aliphatic rings. The molecule has 0 unspecified atom stereocenters. The van der Waals surface area contributed by atoms with Crippen LogP contribution in [0.3, 0.4) is 0 Å². The van der Waals surface area contributed by atoms with Crippen LogP contribution in [0.4, 0.5) is 4.39 Å². The van der Waals surface area contributed by atoms with Gasteiger partial charge in [0.15, 0.2) is 0 Å². The molecule has 2 aromatic carbocycles. The van der Waals surface area contributed by atoms with E-state index in [0.717, 1.165) is 24.8 Å². The average molecular weight is 406 g/mol. The van der Waals surface area contributed by atoms with Crippen LogP contribution in [-0.2, 0) is 6.42 Å². The van der Waals surface area contributed by atoms with Crippen molar-refractivity contribution in [1.29, 1.82) is 0 Å². The number of fused-ring (bicyclic) bond motifs is 3. The lowest BCUT2D eigenvalue weighted by molar-refractivity contribution is 0.0488. The predicted molar refractivity (Wildman–Crippen MR) is 117 cm³/mol. The summed E-state index contributed by atoms with van der Waals surface area (Å²) in [6.45, 7) is 0.672. The monoisotopic (exact) mass is 405 g/mol. The number of hydrogen-bond acceptors (Lipinski definition) is 2. The van der Waals surface area contributed by atoms with Crippen LogP contribution in [0, 0.1) is 5.82 Å². The summed E-state index contributed by atoms with van der Waals surface area (Å²) in [7, 11) is 2.22. The van der Waals surface area contributed by atoms with Gasteiger partial charge < -0.3 is 14.8 Å². The minimum Gasteiger partial charge on any atom is -0.361 e. The van der Waals surface area contributed by atoms with Crippen LogP contribution >= 0.6 is 0 Å². The Morgan fingerprint density at radius 3 is 2.53 bits per heavy atom. The largest absolute Gasteiger partial charge is 0.361 e. The van der Waals surface area contributed by atoms with E-state index < -0.39 is 0 Å². The number of rotatable bonds is 5. The number of nitrogens with one attached hydrogen (secondary N) is 1. The molecular weight excluding hydrogens is 377 g/mol. The second-order valence-corrected chi connectivity index (χ2v) is 8.79. The van der Waals surface area contributed by atoms with Crippen molar-refractivity contribution < 1.29 is 9.18 Å². The quantitative estimate of drug-likeness (QED) is 0.673. The fourth-order valence-electron chi connectivity index (χ4n) is 5.42. The first-order valence-electron chi connectivity index (χ1n) is 10.9. The Morgan fingerprint density at radius 2 is 1.80 bits per heavy atom. The van der Waals surface area contributed by atoms with Crippen LogP contribution in [0.15, 0.2) is 54.7 Å². The molecule has 2 aliphatic heterocycles. The van der Waals surface area contributed by atoms with E-state index in [1.165, 1.54) is 35.9 Å². The van der Waals surface area contributed by atoms with E-state index in [4.69, 9.17) is 0 Å². The summed E-state index contributed by atoms with van der Waals surface area (Å²) >= 11 is 0. The first-order chi connectivity index (χ1) is 14.6. The standard InChI is InChI=1S/C25H28FN3O/c1-28-20-10-11-21(28)15-22(14-20)29(25(30)17-6-8-19(26)9-7-17)13-12-18-16-27-24-5-3-2-4-23(18)24/h2-9,16,20-22,27H,10-15H2,1H3/t20-,21-/m0/s1. The van der Waals surface area contributed by atoms with Gasteiger partial charge in [-0.3, -0.25) is 4.79 Å². The number of aromatic amines is 1. The summed E-state index contributed by atoms with van der Waals surface area (Å²) in [5.41, 5.74) is 2.93. The van der Waals surface area contributed by atoms with E-state index in [0.29, 0.717) is 24.2 Å². The topological polar surface area (TPSA) is 39.3 Å². The number of benzene rings is 2. The van der Waals surface area contributed by atoms with Crippen molar-refractivity contribution in [2.45, 2.75) is 50.2 Å². The van der Waals surface area contributed by atoms with Crippen LogP contribution in [-0.4, -0.2) is 52.4 Å². The zero-order valence-electron chi connectivity index (χ0n) is 17.4. The van der Waals surface area contributed by atoms with Crippen molar-refractivity contribution >= 4 is 16.8 Å². The van der Waals surface area contributed by atoms with Gasteiger partial charge in [0.25, 0.3) is 5.91 Å². The number of H-pyrrole nitrogens is 1. The van der Waals surface area contributed by atoms with Gasteiger partial charge >= 0.3 is 0 Å². The third-order valence-electron chi connectivity index (χ3n) is 7.16. The molecule has 4 nitrogen and oxygen atoms in total. The molecule has 2 saturated heterocycles. The number of nitrogens with zero attached hydrogens (tertiary/aromatic N) is 2. The molecule has 0 radical (unpaired) electrons. The lowest BCUT2D eigenvalue weighted by atomic mass is 9.95.